The highest BCUT2D eigenvalue weighted by atomic mass is 32.2. The van der Waals surface area contributed by atoms with Crippen molar-refractivity contribution >= 4 is 17.6 Å². The molecule has 1 aliphatic carbocycles. The number of halogens is 3. The Morgan fingerprint density at radius 3 is 2.75 bits per heavy atom. The van der Waals surface area contributed by atoms with Gasteiger partial charge in [-0.1, -0.05) is 6.42 Å². The van der Waals surface area contributed by atoms with E-state index in [-0.39, 0.29) is 17.4 Å². The number of nitrogens with one attached hydrogen (secondary N) is 1. The average molecular weight is 301 g/mol. The zero-order valence-corrected chi connectivity index (χ0v) is 11.7. The number of alkyl halides is 3. The van der Waals surface area contributed by atoms with Crippen molar-refractivity contribution in [3.8, 4) is 6.07 Å². The maximum absolute atomic E-state index is 12.7. The van der Waals surface area contributed by atoms with Crippen LogP contribution in [-0.4, -0.2) is 22.5 Å². The van der Waals surface area contributed by atoms with Crippen LogP contribution in [0.4, 0.5) is 19.0 Å². The summed E-state index contributed by atoms with van der Waals surface area (Å²) < 4.78 is 38.0. The van der Waals surface area contributed by atoms with Gasteiger partial charge in [0, 0.05) is 11.3 Å². The Morgan fingerprint density at radius 2 is 2.15 bits per heavy atom. The smallest absolute Gasteiger partial charge is 0.365 e. The van der Waals surface area contributed by atoms with Crippen molar-refractivity contribution in [3.63, 3.8) is 0 Å². The monoisotopic (exact) mass is 301 g/mol. The minimum absolute atomic E-state index is 0.0354. The van der Waals surface area contributed by atoms with Crippen LogP contribution in [0.5, 0.6) is 0 Å². The Bertz CT molecular complexity index is 525. The van der Waals surface area contributed by atoms with E-state index in [1.165, 1.54) is 6.07 Å². The first kappa shape index (κ1) is 15.0. The summed E-state index contributed by atoms with van der Waals surface area (Å²) in [7, 11) is 0. The number of aromatic nitrogens is 1. The first-order valence-corrected chi connectivity index (χ1v) is 7.52. The van der Waals surface area contributed by atoms with Crippen molar-refractivity contribution in [2.75, 3.05) is 11.6 Å². The van der Waals surface area contributed by atoms with Gasteiger partial charge < -0.3 is 5.32 Å². The highest BCUT2D eigenvalue weighted by Crippen LogP contribution is 2.33. The van der Waals surface area contributed by atoms with Gasteiger partial charge >= 0.3 is 6.18 Å². The van der Waals surface area contributed by atoms with Crippen molar-refractivity contribution in [1.29, 1.82) is 5.26 Å². The third-order valence-corrected chi connectivity index (χ3v) is 4.55. The minimum atomic E-state index is -4.50. The fourth-order valence-electron chi connectivity index (χ4n) is 2.37. The van der Waals surface area contributed by atoms with E-state index in [0.29, 0.717) is 5.25 Å². The molecule has 0 amide bonds. The van der Waals surface area contributed by atoms with Crippen molar-refractivity contribution in [3.05, 3.63) is 23.4 Å². The van der Waals surface area contributed by atoms with Gasteiger partial charge in [-0.2, -0.15) is 30.2 Å². The Kier molecular flexibility index (Phi) is 4.43. The molecule has 1 saturated carbocycles. The fourth-order valence-corrected chi connectivity index (χ4v) is 3.30. The summed E-state index contributed by atoms with van der Waals surface area (Å²) in [6.07, 6.45) is 0.423. The maximum atomic E-state index is 12.7. The van der Waals surface area contributed by atoms with E-state index in [4.69, 9.17) is 5.26 Å². The molecule has 1 aliphatic rings. The molecule has 3 nitrogen and oxygen atoms in total. The normalized spacial score (nSPS) is 22.6. The van der Waals surface area contributed by atoms with Crippen LogP contribution in [0.3, 0.4) is 0 Å². The van der Waals surface area contributed by atoms with Gasteiger partial charge in [-0.05, 0) is 31.2 Å². The van der Waals surface area contributed by atoms with Gasteiger partial charge in [0.05, 0.1) is 5.56 Å². The fraction of sp³-hybridized carbons (Fsp3) is 0.538. The summed E-state index contributed by atoms with van der Waals surface area (Å²) in [5.74, 6) is 0.0354. The molecular weight excluding hydrogens is 287 g/mol. The lowest BCUT2D eigenvalue weighted by atomic mass is 10.2. The number of nitrogens with zero attached hydrogens (tertiary/aromatic N) is 2. The van der Waals surface area contributed by atoms with Crippen LogP contribution in [0.15, 0.2) is 12.1 Å². The lowest BCUT2D eigenvalue weighted by Crippen LogP contribution is -2.27. The number of hydrogen-bond donors (Lipinski definition) is 1. The highest BCUT2D eigenvalue weighted by Gasteiger charge is 2.34. The van der Waals surface area contributed by atoms with Crippen LogP contribution < -0.4 is 5.32 Å². The van der Waals surface area contributed by atoms with E-state index < -0.39 is 11.9 Å². The Hall–Kier alpha value is -1.42. The van der Waals surface area contributed by atoms with Crippen LogP contribution in [0, 0.1) is 11.3 Å². The van der Waals surface area contributed by atoms with E-state index >= 15 is 0 Å². The number of anilines is 1. The molecule has 0 radical (unpaired) electrons. The molecule has 2 unspecified atom stereocenters. The Labute approximate surface area is 119 Å². The highest BCUT2D eigenvalue weighted by molar-refractivity contribution is 7.99. The van der Waals surface area contributed by atoms with Crippen LogP contribution in [0.1, 0.15) is 30.5 Å². The van der Waals surface area contributed by atoms with Crippen LogP contribution in [0.25, 0.3) is 0 Å². The first-order valence-electron chi connectivity index (χ1n) is 6.23. The molecule has 0 bridgehead atoms. The number of nitriles is 1. The Balaban J connectivity index is 2.27. The van der Waals surface area contributed by atoms with Crippen molar-refractivity contribution in [2.24, 2.45) is 0 Å². The van der Waals surface area contributed by atoms with E-state index in [9.17, 15) is 13.2 Å². The van der Waals surface area contributed by atoms with Crippen molar-refractivity contribution < 1.29 is 13.2 Å². The van der Waals surface area contributed by atoms with Gasteiger partial charge in [0.1, 0.15) is 17.6 Å². The molecule has 1 fully saturated rings. The molecule has 7 heteroatoms. The van der Waals surface area contributed by atoms with E-state index in [2.05, 4.69) is 10.3 Å². The number of pyridine rings is 1. The third kappa shape index (κ3) is 3.18. The van der Waals surface area contributed by atoms with E-state index in [1.54, 1.807) is 11.8 Å². The van der Waals surface area contributed by atoms with E-state index in [1.807, 2.05) is 12.3 Å². The zero-order valence-electron chi connectivity index (χ0n) is 10.9. The molecule has 1 heterocycles. The molecule has 0 saturated heterocycles. The molecule has 1 aromatic rings. The van der Waals surface area contributed by atoms with Crippen LogP contribution >= 0.6 is 11.8 Å². The lowest BCUT2D eigenvalue weighted by Gasteiger charge is -2.21. The second-order valence-corrected chi connectivity index (χ2v) is 5.74. The standard InChI is InChI=1S/C13H14F3N3S/c1-20-10-4-2-3-9(10)18-12-8(7-17)5-6-11(19-12)13(14,15)16/h5-6,9-10H,2-4H2,1H3,(H,18,19). The molecule has 0 aliphatic heterocycles. The van der Waals surface area contributed by atoms with Gasteiger partial charge in [-0.25, -0.2) is 4.98 Å². The first-order chi connectivity index (χ1) is 9.45. The molecule has 0 aromatic carbocycles. The summed E-state index contributed by atoms with van der Waals surface area (Å²) in [5, 5.41) is 12.4. The molecule has 2 rings (SSSR count). The van der Waals surface area contributed by atoms with Gasteiger partial charge in [0.15, 0.2) is 0 Å². The minimum Gasteiger partial charge on any atom is -0.365 e. The molecule has 108 valence electrons. The largest absolute Gasteiger partial charge is 0.433 e. The molecule has 1 aromatic heterocycles. The number of hydrogen-bond acceptors (Lipinski definition) is 4. The zero-order chi connectivity index (χ0) is 14.8. The predicted octanol–water partition coefficient (Wildman–Crippen LogP) is 3.67. The SMILES string of the molecule is CSC1CCCC1Nc1nc(C(F)(F)F)ccc1C#N. The molecule has 2 atom stereocenters. The average Bonchev–Trinajstić information content (AvgIpc) is 2.85. The summed E-state index contributed by atoms with van der Waals surface area (Å²) in [4.78, 5) is 3.58. The molecule has 0 spiro atoms. The number of thioether (sulfide) groups is 1. The van der Waals surface area contributed by atoms with Crippen LogP contribution in [0.2, 0.25) is 0 Å². The summed E-state index contributed by atoms with van der Waals surface area (Å²) in [5.41, 5.74) is -0.831. The molecule has 20 heavy (non-hydrogen) atoms. The topological polar surface area (TPSA) is 48.7 Å². The molecule has 1 N–H and O–H groups in total. The van der Waals surface area contributed by atoms with Gasteiger partial charge in [0.2, 0.25) is 0 Å². The summed E-state index contributed by atoms with van der Waals surface area (Å²) in [6.45, 7) is 0. The Morgan fingerprint density at radius 1 is 1.40 bits per heavy atom. The summed E-state index contributed by atoms with van der Waals surface area (Å²) in [6, 6.07) is 3.95. The molecular formula is C13H14F3N3S. The van der Waals surface area contributed by atoms with Crippen LogP contribution in [-0.2, 0) is 6.18 Å². The maximum Gasteiger partial charge on any atom is 0.433 e. The second kappa shape index (κ2) is 5.92. The predicted molar refractivity (Wildman–Crippen MR) is 72.5 cm³/mol. The van der Waals surface area contributed by atoms with Gasteiger partial charge in [-0.15, -0.1) is 0 Å². The third-order valence-electron chi connectivity index (χ3n) is 3.38. The van der Waals surface area contributed by atoms with Crippen molar-refractivity contribution in [1.82, 2.24) is 4.98 Å². The number of rotatable bonds is 3. The quantitative estimate of drug-likeness (QED) is 0.925. The van der Waals surface area contributed by atoms with E-state index in [0.717, 1.165) is 25.3 Å². The summed E-state index contributed by atoms with van der Waals surface area (Å²) >= 11 is 1.69. The van der Waals surface area contributed by atoms with Gasteiger partial charge in [-0.3, -0.25) is 0 Å². The van der Waals surface area contributed by atoms with Crippen molar-refractivity contribution in [2.45, 2.75) is 36.7 Å². The second-order valence-electron chi connectivity index (χ2n) is 4.66. The lowest BCUT2D eigenvalue weighted by molar-refractivity contribution is -0.141. The van der Waals surface area contributed by atoms with Gasteiger partial charge in [0.25, 0.3) is 0 Å².